The fourth-order valence-electron chi connectivity index (χ4n) is 3.51. The number of hydrogen-bond acceptors (Lipinski definition) is 6. The quantitative estimate of drug-likeness (QED) is 0.564. The lowest BCUT2D eigenvalue weighted by molar-refractivity contribution is -0.121. The normalized spacial score (nSPS) is 14.1. The van der Waals surface area contributed by atoms with Gasteiger partial charge in [-0.15, -0.1) is 10.2 Å². The fourth-order valence-corrected chi connectivity index (χ4v) is 4.41. The largest absolute Gasteiger partial charge is 0.336 e. The zero-order valence-corrected chi connectivity index (χ0v) is 19.4. The minimum atomic E-state index is -0.458. The van der Waals surface area contributed by atoms with E-state index in [1.165, 1.54) is 0 Å². The van der Waals surface area contributed by atoms with Gasteiger partial charge in [-0.2, -0.15) is 0 Å². The van der Waals surface area contributed by atoms with E-state index in [0.717, 1.165) is 22.6 Å². The molecule has 0 bridgehead atoms. The number of hydrogen-bond donors (Lipinski definition) is 2. The number of halogens is 1. The Morgan fingerprint density at radius 1 is 0.970 bits per heavy atom. The Bertz CT molecular complexity index is 1170. The SMILES string of the molecule is Cc1ccc(NC(=O)C2CCN(C(=O)c3nnc(C(=O)Nc4cccc(Cl)c4)s3)CC2)cc1. The van der Waals surface area contributed by atoms with Crippen molar-refractivity contribution in [3.8, 4) is 0 Å². The van der Waals surface area contributed by atoms with Crippen molar-refractivity contribution in [2.45, 2.75) is 19.8 Å². The highest BCUT2D eigenvalue weighted by Gasteiger charge is 2.30. The molecule has 0 saturated carbocycles. The van der Waals surface area contributed by atoms with Gasteiger partial charge in [0.25, 0.3) is 11.8 Å². The maximum absolute atomic E-state index is 12.8. The molecule has 0 spiro atoms. The Hall–Kier alpha value is -3.30. The summed E-state index contributed by atoms with van der Waals surface area (Å²) in [5.41, 5.74) is 2.42. The van der Waals surface area contributed by atoms with Crippen molar-refractivity contribution in [2.24, 2.45) is 5.92 Å². The monoisotopic (exact) mass is 483 g/mol. The van der Waals surface area contributed by atoms with Crippen LogP contribution >= 0.6 is 22.9 Å². The summed E-state index contributed by atoms with van der Waals surface area (Å²) in [6, 6.07) is 14.4. The molecule has 2 heterocycles. The number of carbonyl (C=O) groups is 3. The standard InChI is InChI=1S/C23H22ClN5O3S/c1-14-5-7-17(8-6-14)25-19(30)15-9-11-29(12-10-15)23(32)22-28-27-21(33-22)20(31)26-18-4-2-3-16(24)13-18/h2-8,13,15H,9-12H2,1H3,(H,25,30)(H,26,31). The molecule has 1 saturated heterocycles. The van der Waals surface area contributed by atoms with Crippen LogP contribution in [0, 0.1) is 12.8 Å². The van der Waals surface area contributed by atoms with E-state index < -0.39 is 5.91 Å². The average molecular weight is 484 g/mol. The van der Waals surface area contributed by atoms with Gasteiger partial charge in [-0.25, -0.2) is 0 Å². The minimum Gasteiger partial charge on any atom is -0.336 e. The Balaban J connectivity index is 1.30. The topological polar surface area (TPSA) is 104 Å². The molecule has 1 aliphatic rings. The van der Waals surface area contributed by atoms with E-state index in [-0.39, 0.29) is 27.7 Å². The summed E-state index contributed by atoms with van der Waals surface area (Å²) in [6.07, 6.45) is 1.12. The highest BCUT2D eigenvalue weighted by atomic mass is 35.5. The molecule has 0 aliphatic carbocycles. The number of piperidine rings is 1. The minimum absolute atomic E-state index is 0.0400. The van der Waals surface area contributed by atoms with Gasteiger partial charge in [-0.05, 0) is 50.1 Å². The first-order chi connectivity index (χ1) is 15.9. The molecular weight excluding hydrogens is 462 g/mol. The number of nitrogens with zero attached hydrogens (tertiary/aromatic N) is 3. The number of rotatable bonds is 5. The number of amides is 3. The van der Waals surface area contributed by atoms with Gasteiger partial charge < -0.3 is 15.5 Å². The highest BCUT2D eigenvalue weighted by Crippen LogP contribution is 2.23. The first-order valence-corrected chi connectivity index (χ1v) is 11.7. The molecule has 8 nitrogen and oxygen atoms in total. The van der Waals surface area contributed by atoms with Crippen molar-refractivity contribution in [1.82, 2.24) is 15.1 Å². The molecule has 1 aliphatic heterocycles. The molecule has 0 unspecified atom stereocenters. The molecule has 2 aromatic carbocycles. The zero-order valence-electron chi connectivity index (χ0n) is 17.9. The second-order valence-electron chi connectivity index (χ2n) is 7.80. The van der Waals surface area contributed by atoms with Gasteiger partial charge >= 0.3 is 0 Å². The molecule has 1 aromatic heterocycles. The molecule has 0 radical (unpaired) electrons. The predicted molar refractivity (Wildman–Crippen MR) is 128 cm³/mol. The van der Waals surface area contributed by atoms with Crippen molar-refractivity contribution < 1.29 is 14.4 Å². The number of benzene rings is 2. The fraction of sp³-hybridized carbons (Fsp3) is 0.261. The Labute approximate surface area is 200 Å². The van der Waals surface area contributed by atoms with Crippen LogP contribution in [0.25, 0.3) is 0 Å². The highest BCUT2D eigenvalue weighted by molar-refractivity contribution is 7.15. The van der Waals surface area contributed by atoms with Gasteiger partial charge in [-0.3, -0.25) is 14.4 Å². The number of anilines is 2. The molecule has 0 atom stereocenters. The van der Waals surface area contributed by atoms with Gasteiger partial charge in [0.15, 0.2) is 0 Å². The molecule has 2 N–H and O–H groups in total. The van der Waals surface area contributed by atoms with Crippen molar-refractivity contribution in [2.75, 3.05) is 23.7 Å². The molecule has 4 rings (SSSR count). The summed E-state index contributed by atoms with van der Waals surface area (Å²) in [5, 5.41) is 14.1. The summed E-state index contributed by atoms with van der Waals surface area (Å²) in [7, 11) is 0. The lowest BCUT2D eigenvalue weighted by Crippen LogP contribution is -2.41. The Morgan fingerprint density at radius 2 is 1.67 bits per heavy atom. The third kappa shape index (κ3) is 5.74. The van der Waals surface area contributed by atoms with Crippen molar-refractivity contribution in [1.29, 1.82) is 0 Å². The van der Waals surface area contributed by atoms with Crippen LogP contribution in [0.3, 0.4) is 0 Å². The van der Waals surface area contributed by atoms with Crippen LogP contribution in [-0.2, 0) is 4.79 Å². The number of carbonyl (C=O) groups excluding carboxylic acids is 3. The van der Waals surface area contributed by atoms with E-state index in [2.05, 4.69) is 20.8 Å². The van der Waals surface area contributed by atoms with Gasteiger partial charge in [-0.1, -0.05) is 46.7 Å². The van der Waals surface area contributed by atoms with E-state index >= 15 is 0 Å². The maximum Gasteiger partial charge on any atom is 0.286 e. The number of aromatic nitrogens is 2. The lowest BCUT2D eigenvalue weighted by Gasteiger charge is -2.30. The first-order valence-electron chi connectivity index (χ1n) is 10.5. The van der Waals surface area contributed by atoms with E-state index in [4.69, 9.17) is 11.6 Å². The number of likely N-dealkylation sites (tertiary alicyclic amines) is 1. The number of aryl methyl sites for hydroxylation is 1. The van der Waals surface area contributed by atoms with Gasteiger partial charge in [0.05, 0.1) is 0 Å². The van der Waals surface area contributed by atoms with Crippen LogP contribution in [0.2, 0.25) is 5.02 Å². The van der Waals surface area contributed by atoms with Crippen LogP contribution in [0.5, 0.6) is 0 Å². The Kier molecular flexibility index (Phi) is 7.00. The zero-order chi connectivity index (χ0) is 23.4. The third-order valence-corrected chi connectivity index (χ3v) is 6.50. The summed E-state index contributed by atoms with van der Waals surface area (Å²) in [6.45, 7) is 2.87. The average Bonchev–Trinajstić information content (AvgIpc) is 3.31. The smallest absolute Gasteiger partial charge is 0.286 e. The molecule has 3 aromatic rings. The van der Waals surface area contributed by atoms with Crippen molar-refractivity contribution in [3.63, 3.8) is 0 Å². The molecule has 3 amide bonds. The lowest BCUT2D eigenvalue weighted by atomic mass is 9.95. The van der Waals surface area contributed by atoms with Crippen LogP contribution in [0.15, 0.2) is 48.5 Å². The van der Waals surface area contributed by atoms with Crippen LogP contribution in [-0.4, -0.2) is 45.9 Å². The predicted octanol–water partition coefficient (Wildman–Crippen LogP) is 4.24. The maximum atomic E-state index is 12.8. The van der Waals surface area contributed by atoms with Crippen LogP contribution in [0.4, 0.5) is 11.4 Å². The molecule has 10 heteroatoms. The molecule has 1 fully saturated rings. The summed E-state index contributed by atoms with van der Waals surface area (Å²) >= 11 is 6.87. The van der Waals surface area contributed by atoms with Gasteiger partial charge in [0, 0.05) is 35.4 Å². The van der Waals surface area contributed by atoms with E-state index in [1.807, 2.05) is 31.2 Å². The molecular formula is C23H22ClN5O3S. The second-order valence-corrected chi connectivity index (χ2v) is 9.21. The number of nitrogens with one attached hydrogen (secondary N) is 2. The van der Waals surface area contributed by atoms with Gasteiger partial charge in [0.2, 0.25) is 15.9 Å². The Morgan fingerprint density at radius 3 is 2.36 bits per heavy atom. The van der Waals surface area contributed by atoms with E-state index in [1.54, 1.807) is 29.2 Å². The first kappa shape index (κ1) is 22.9. The van der Waals surface area contributed by atoms with Crippen LogP contribution in [0.1, 0.15) is 38.0 Å². The summed E-state index contributed by atoms with van der Waals surface area (Å²) < 4.78 is 0. The van der Waals surface area contributed by atoms with Gasteiger partial charge in [0.1, 0.15) is 0 Å². The molecule has 33 heavy (non-hydrogen) atoms. The molecule has 170 valence electrons. The van der Waals surface area contributed by atoms with Crippen molar-refractivity contribution >= 4 is 52.0 Å². The third-order valence-electron chi connectivity index (χ3n) is 5.36. The van der Waals surface area contributed by atoms with E-state index in [0.29, 0.717) is 36.6 Å². The second kappa shape index (κ2) is 10.1. The summed E-state index contributed by atoms with van der Waals surface area (Å²) in [5.74, 6) is -0.947. The van der Waals surface area contributed by atoms with Crippen LogP contribution < -0.4 is 10.6 Å². The van der Waals surface area contributed by atoms with Crippen molar-refractivity contribution in [3.05, 3.63) is 69.1 Å². The van der Waals surface area contributed by atoms with E-state index in [9.17, 15) is 14.4 Å². The summed E-state index contributed by atoms with van der Waals surface area (Å²) in [4.78, 5) is 39.4.